The van der Waals surface area contributed by atoms with E-state index in [0.717, 1.165) is 11.9 Å². The minimum Gasteiger partial charge on any atom is -0.436 e. The fraction of sp³-hybridized carbons (Fsp3) is 0.333. The van der Waals surface area contributed by atoms with E-state index in [4.69, 9.17) is 10.2 Å². The maximum Gasteiger partial charge on any atom is 0.295 e. The van der Waals surface area contributed by atoms with E-state index in [1.54, 1.807) is 25.1 Å². The summed E-state index contributed by atoms with van der Waals surface area (Å²) in [5.41, 5.74) is 7.72. The molecule has 2 aromatic heterocycles. The van der Waals surface area contributed by atoms with E-state index in [0.29, 0.717) is 41.6 Å². The number of benzene rings is 1. The van der Waals surface area contributed by atoms with Crippen LogP contribution in [0.1, 0.15) is 52.8 Å². The number of nitrogens with one attached hydrogen (secondary N) is 1. The number of carbonyl (C=O) groups is 2. The maximum atomic E-state index is 12.6. The molecule has 8 nitrogen and oxygen atoms in total. The average molecular weight is 355 g/mol. The summed E-state index contributed by atoms with van der Waals surface area (Å²) in [6.45, 7) is 6.31. The summed E-state index contributed by atoms with van der Waals surface area (Å²) in [6, 6.07) is 5.05. The Morgan fingerprint density at radius 2 is 2.04 bits per heavy atom. The molecule has 0 unspecified atom stereocenters. The normalized spacial score (nSPS) is 11.0. The number of nitrogens with two attached hydrogens (primary N) is 1. The molecule has 0 fully saturated rings. The lowest BCUT2D eigenvalue weighted by molar-refractivity contribution is 0.0988. The number of imidazole rings is 1. The number of hydrogen-bond acceptors (Lipinski definition) is 5. The van der Waals surface area contributed by atoms with Crippen LogP contribution < -0.4 is 11.1 Å². The largest absolute Gasteiger partial charge is 0.436 e. The molecule has 0 aliphatic carbocycles. The Balaban J connectivity index is 2.01. The topological polar surface area (TPSA) is 116 Å². The second-order valence-electron chi connectivity index (χ2n) is 5.97. The van der Waals surface area contributed by atoms with Crippen LogP contribution in [-0.4, -0.2) is 26.3 Å². The van der Waals surface area contributed by atoms with Crippen LogP contribution in [0.25, 0.3) is 11.0 Å². The van der Waals surface area contributed by atoms with Crippen molar-refractivity contribution in [1.29, 1.82) is 0 Å². The summed E-state index contributed by atoms with van der Waals surface area (Å²) in [7, 11) is 0. The number of fused-ring (bicyclic) bond motifs is 1. The zero-order chi connectivity index (χ0) is 18.8. The predicted octanol–water partition coefficient (Wildman–Crippen LogP) is 2.66. The van der Waals surface area contributed by atoms with Crippen molar-refractivity contribution in [1.82, 2.24) is 14.5 Å². The zero-order valence-corrected chi connectivity index (χ0v) is 15.0. The number of nitrogens with zero attached hydrogens (tertiary/aromatic N) is 3. The van der Waals surface area contributed by atoms with Gasteiger partial charge in [0.05, 0.1) is 16.7 Å². The molecule has 2 heterocycles. The smallest absolute Gasteiger partial charge is 0.295 e. The first-order valence-electron chi connectivity index (χ1n) is 8.52. The number of aromatic nitrogens is 3. The van der Waals surface area contributed by atoms with Gasteiger partial charge in [0, 0.05) is 19.0 Å². The quantitative estimate of drug-likeness (QED) is 0.705. The number of aryl methyl sites for hydroxylation is 3. The molecule has 0 bridgehead atoms. The molecule has 0 aliphatic rings. The third-order valence-electron chi connectivity index (χ3n) is 4.05. The third-order valence-corrected chi connectivity index (χ3v) is 4.05. The van der Waals surface area contributed by atoms with Crippen LogP contribution in [0.5, 0.6) is 0 Å². The van der Waals surface area contributed by atoms with Crippen molar-refractivity contribution < 1.29 is 14.0 Å². The van der Waals surface area contributed by atoms with Gasteiger partial charge in [0.2, 0.25) is 17.6 Å². The lowest BCUT2D eigenvalue weighted by atomic mass is 10.2. The highest BCUT2D eigenvalue weighted by Gasteiger charge is 2.21. The third kappa shape index (κ3) is 3.17. The molecule has 26 heavy (non-hydrogen) atoms. The van der Waals surface area contributed by atoms with E-state index >= 15 is 0 Å². The number of primary amides is 1. The molecular weight excluding hydrogens is 334 g/mol. The van der Waals surface area contributed by atoms with Crippen molar-refractivity contribution in [3.05, 3.63) is 41.1 Å². The van der Waals surface area contributed by atoms with Gasteiger partial charge in [-0.25, -0.2) is 9.97 Å². The van der Waals surface area contributed by atoms with E-state index in [1.807, 2.05) is 18.4 Å². The second-order valence-corrected chi connectivity index (χ2v) is 5.97. The van der Waals surface area contributed by atoms with Crippen molar-refractivity contribution in [2.24, 2.45) is 5.73 Å². The summed E-state index contributed by atoms with van der Waals surface area (Å²) < 4.78 is 7.34. The van der Waals surface area contributed by atoms with Gasteiger partial charge in [-0.1, -0.05) is 13.8 Å². The summed E-state index contributed by atoms with van der Waals surface area (Å²) in [5, 5.41) is 2.80. The molecule has 1 aromatic carbocycles. The van der Waals surface area contributed by atoms with Crippen molar-refractivity contribution in [3.63, 3.8) is 0 Å². The Kier molecular flexibility index (Phi) is 4.75. The first kappa shape index (κ1) is 17.7. The molecule has 0 saturated carbocycles. The first-order valence-corrected chi connectivity index (χ1v) is 8.52. The number of anilines is 1. The van der Waals surface area contributed by atoms with Crippen LogP contribution in [0.3, 0.4) is 0 Å². The molecule has 0 radical (unpaired) electrons. The fourth-order valence-corrected chi connectivity index (χ4v) is 2.87. The molecule has 0 aliphatic heterocycles. The highest BCUT2D eigenvalue weighted by molar-refractivity contribution is 6.03. The molecule has 2 amide bonds. The van der Waals surface area contributed by atoms with E-state index in [-0.39, 0.29) is 5.76 Å². The van der Waals surface area contributed by atoms with Gasteiger partial charge in [-0.05, 0) is 31.0 Å². The average Bonchev–Trinajstić information content (AvgIpc) is 3.15. The van der Waals surface area contributed by atoms with Gasteiger partial charge in [-0.3, -0.25) is 14.9 Å². The highest BCUT2D eigenvalue weighted by Crippen LogP contribution is 2.23. The number of oxazole rings is 1. The van der Waals surface area contributed by atoms with Crippen LogP contribution in [0.4, 0.5) is 5.95 Å². The van der Waals surface area contributed by atoms with Crippen LogP contribution in [0.15, 0.2) is 22.6 Å². The van der Waals surface area contributed by atoms with Crippen LogP contribution >= 0.6 is 0 Å². The summed E-state index contributed by atoms with van der Waals surface area (Å²) in [6.07, 6.45) is 1.45. The van der Waals surface area contributed by atoms with Crippen molar-refractivity contribution in [2.45, 2.75) is 40.2 Å². The molecule has 3 aromatic rings. The highest BCUT2D eigenvalue weighted by atomic mass is 16.4. The molecule has 0 saturated heterocycles. The Hall–Kier alpha value is -3.16. The predicted molar refractivity (Wildman–Crippen MR) is 97.1 cm³/mol. The van der Waals surface area contributed by atoms with E-state index in [2.05, 4.69) is 15.3 Å². The second kappa shape index (κ2) is 6.99. The Morgan fingerprint density at radius 3 is 2.69 bits per heavy atom. The van der Waals surface area contributed by atoms with Gasteiger partial charge in [0.1, 0.15) is 0 Å². The van der Waals surface area contributed by atoms with Crippen LogP contribution in [0, 0.1) is 6.92 Å². The molecule has 3 rings (SSSR count). The minimum atomic E-state index is -0.521. The maximum absolute atomic E-state index is 12.6. The lowest BCUT2D eigenvalue weighted by Gasteiger charge is -2.08. The summed E-state index contributed by atoms with van der Waals surface area (Å²) in [5.74, 6) is 0.111. The number of amides is 2. The molecule has 0 spiro atoms. The molecule has 8 heteroatoms. The number of carbonyl (C=O) groups excluding carboxylic acids is 2. The van der Waals surface area contributed by atoms with Gasteiger partial charge in [-0.15, -0.1) is 0 Å². The molecule has 136 valence electrons. The SMILES string of the molecule is CCCn1c(NC(=O)c2oc(C)nc2CC)nc2cc(C(N)=O)ccc21. The van der Waals surface area contributed by atoms with E-state index in [9.17, 15) is 9.59 Å². The van der Waals surface area contributed by atoms with E-state index < -0.39 is 11.8 Å². The zero-order valence-electron chi connectivity index (χ0n) is 15.0. The standard InChI is InChI=1S/C18H21N5O3/c1-4-8-23-14-7-6-11(16(19)24)9-13(14)21-18(23)22-17(25)15-12(5-2)20-10(3)26-15/h6-7,9H,4-5,8H2,1-3H3,(H2,19,24)(H,21,22,25). The monoisotopic (exact) mass is 355 g/mol. The first-order chi connectivity index (χ1) is 12.4. The van der Waals surface area contributed by atoms with Gasteiger partial charge < -0.3 is 14.7 Å². The van der Waals surface area contributed by atoms with Crippen LogP contribution in [0.2, 0.25) is 0 Å². The Morgan fingerprint density at radius 1 is 1.27 bits per heavy atom. The van der Waals surface area contributed by atoms with Crippen LogP contribution in [-0.2, 0) is 13.0 Å². The number of rotatable bonds is 6. The van der Waals surface area contributed by atoms with Gasteiger partial charge in [0.25, 0.3) is 5.91 Å². The molecule has 3 N–H and O–H groups in total. The van der Waals surface area contributed by atoms with Crippen molar-refractivity contribution in [3.8, 4) is 0 Å². The lowest BCUT2D eigenvalue weighted by Crippen LogP contribution is -2.17. The summed E-state index contributed by atoms with van der Waals surface area (Å²) >= 11 is 0. The Labute approximate surface area is 150 Å². The number of hydrogen-bond donors (Lipinski definition) is 2. The van der Waals surface area contributed by atoms with Crippen molar-refractivity contribution >= 4 is 28.8 Å². The summed E-state index contributed by atoms with van der Waals surface area (Å²) in [4.78, 5) is 32.7. The van der Waals surface area contributed by atoms with Gasteiger partial charge in [0.15, 0.2) is 5.89 Å². The van der Waals surface area contributed by atoms with E-state index in [1.165, 1.54) is 0 Å². The Bertz CT molecular complexity index is 986. The minimum absolute atomic E-state index is 0.193. The van der Waals surface area contributed by atoms with Gasteiger partial charge in [-0.2, -0.15) is 0 Å². The van der Waals surface area contributed by atoms with Gasteiger partial charge >= 0.3 is 0 Å². The van der Waals surface area contributed by atoms with Crippen molar-refractivity contribution in [2.75, 3.05) is 5.32 Å². The fourth-order valence-electron chi connectivity index (χ4n) is 2.87. The molecule has 0 atom stereocenters. The molecular formula is C18H21N5O3.